The second kappa shape index (κ2) is 17.4. The van der Waals surface area contributed by atoms with Crippen LogP contribution < -0.4 is 0 Å². The zero-order valence-electron chi connectivity index (χ0n) is 13.6. The maximum Gasteiger partial charge on any atom is 0.111 e. The van der Waals surface area contributed by atoms with Gasteiger partial charge < -0.3 is 24.1 Å². The molecular weight excluding hydrogens is 272 g/mol. The first-order valence-electron chi connectivity index (χ1n) is 7.98. The van der Waals surface area contributed by atoms with E-state index in [4.69, 9.17) is 24.1 Å². The second-order valence-corrected chi connectivity index (χ2v) is 4.66. The lowest BCUT2D eigenvalue weighted by atomic mass is 10.1. The third kappa shape index (κ3) is 15.6. The average molecular weight is 304 g/mol. The number of ether oxygens (including phenoxy) is 4. The van der Waals surface area contributed by atoms with Gasteiger partial charge in [-0.05, 0) is 24.8 Å². The molecule has 0 amide bonds. The normalized spacial score (nSPS) is 11.9. The van der Waals surface area contributed by atoms with Gasteiger partial charge in [0.25, 0.3) is 0 Å². The number of rotatable bonds is 16. The van der Waals surface area contributed by atoms with E-state index < -0.39 is 0 Å². The zero-order valence-corrected chi connectivity index (χ0v) is 13.6. The largest absolute Gasteiger partial charge is 0.499 e. The summed E-state index contributed by atoms with van der Waals surface area (Å²) in [5.41, 5.74) is 1.36. The van der Waals surface area contributed by atoms with Gasteiger partial charge in [0.15, 0.2) is 0 Å². The number of aliphatic hydroxyl groups excluding tert-OH is 1. The quantitative estimate of drug-likeness (QED) is 0.351. The molecule has 0 rings (SSSR count). The van der Waals surface area contributed by atoms with Gasteiger partial charge in [-0.3, -0.25) is 0 Å². The zero-order chi connectivity index (χ0) is 15.6. The van der Waals surface area contributed by atoms with Gasteiger partial charge in [-0.15, -0.1) is 0 Å². The van der Waals surface area contributed by atoms with Gasteiger partial charge >= 0.3 is 0 Å². The number of allylic oxidation sites excluding steroid dienone is 1. The molecule has 0 aliphatic carbocycles. The number of hydrogen-bond donors (Lipinski definition) is 1. The van der Waals surface area contributed by atoms with Crippen molar-refractivity contribution in [3.63, 3.8) is 0 Å². The van der Waals surface area contributed by atoms with E-state index in [1.807, 2.05) is 6.26 Å². The van der Waals surface area contributed by atoms with Crippen molar-refractivity contribution >= 4 is 0 Å². The van der Waals surface area contributed by atoms with Gasteiger partial charge in [0, 0.05) is 0 Å². The molecule has 0 aromatic rings. The molecule has 0 atom stereocenters. The molecule has 0 fully saturated rings. The molecule has 5 nitrogen and oxygen atoms in total. The summed E-state index contributed by atoms with van der Waals surface area (Å²) in [7, 11) is 0. The minimum absolute atomic E-state index is 0.0513. The molecule has 0 bridgehead atoms. The Morgan fingerprint density at radius 1 is 0.857 bits per heavy atom. The topological polar surface area (TPSA) is 57.2 Å². The summed E-state index contributed by atoms with van der Waals surface area (Å²) < 4.78 is 21.2. The van der Waals surface area contributed by atoms with Crippen molar-refractivity contribution in [2.75, 3.05) is 52.9 Å². The molecule has 0 saturated heterocycles. The number of hydrogen-bond acceptors (Lipinski definition) is 5. The summed E-state index contributed by atoms with van der Waals surface area (Å²) in [5.74, 6) is 0. The van der Waals surface area contributed by atoms with Crippen molar-refractivity contribution in [2.24, 2.45) is 0 Å². The third-order valence-corrected chi connectivity index (χ3v) is 2.88. The molecule has 0 spiro atoms. The van der Waals surface area contributed by atoms with Gasteiger partial charge in [-0.1, -0.05) is 20.3 Å². The second-order valence-electron chi connectivity index (χ2n) is 4.66. The fourth-order valence-corrected chi connectivity index (χ4v) is 1.61. The van der Waals surface area contributed by atoms with Gasteiger partial charge in [-0.25, -0.2) is 0 Å². The molecule has 1 N–H and O–H groups in total. The van der Waals surface area contributed by atoms with Crippen LogP contribution in [0.25, 0.3) is 0 Å². The summed E-state index contributed by atoms with van der Waals surface area (Å²) in [6.45, 7) is 8.07. The number of unbranched alkanes of at least 4 members (excludes halogenated alkanes) is 1. The first kappa shape index (κ1) is 20.4. The molecule has 0 radical (unpaired) electrons. The van der Waals surface area contributed by atoms with Crippen molar-refractivity contribution in [3.8, 4) is 0 Å². The molecule has 0 aromatic carbocycles. The Labute approximate surface area is 129 Å². The Bertz CT molecular complexity index is 231. The van der Waals surface area contributed by atoms with E-state index in [-0.39, 0.29) is 6.61 Å². The van der Waals surface area contributed by atoms with Gasteiger partial charge in [0.1, 0.15) is 6.61 Å². The van der Waals surface area contributed by atoms with E-state index in [1.54, 1.807) is 0 Å². The maximum absolute atomic E-state index is 8.50. The lowest BCUT2D eigenvalue weighted by Crippen LogP contribution is -2.12. The van der Waals surface area contributed by atoms with Crippen molar-refractivity contribution in [2.45, 2.75) is 39.5 Å². The fraction of sp³-hybridized carbons (Fsp3) is 0.875. The van der Waals surface area contributed by atoms with E-state index in [0.29, 0.717) is 46.2 Å². The highest BCUT2D eigenvalue weighted by atomic mass is 16.6. The van der Waals surface area contributed by atoms with Crippen molar-refractivity contribution < 1.29 is 24.1 Å². The van der Waals surface area contributed by atoms with Crippen LogP contribution in [0.4, 0.5) is 0 Å². The standard InChI is InChI=1S/C16H32O5/c1-3-5-6-16(4-2)15-21-14-13-20-12-11-19-10-9-18-8-7-17/h15,17H,3-14H2,1-2H3/b16-15-. The van der Waals surface area contributed by atoms with Gasteiger partial charge in [0.05, 0.1) is 52.5 Å². The van der Waals surface area contributed by atoms with Crippen LogP contribution in [-0.4, -0.2) is 58.0 Å². The molecule has 0 saturated carbocycles. The Hall–Kier alpha value is -0.620. The van der Waals surface area contributed by atoms with Crippen LogP contribution >= 0.6 is 0 Å². The van der Waals surface area contributed by atoms with Crippen LogP contribution in [0.3, 0.4) is 0 Å². The van der Waals surface area contributed by atoms with Crippen molar-refractivity contribution in [1.82, 2.24) is 0 Å². The van der Waals surface area contributed by atoms with Crippen LogP contribution in [0.2, 0.25) is 0 Å². The molecule has 0 heterocycles. The summed E-state index contributed by atoms with van der Waals surface area (Å²) >= 11 is 0. The van der Waals surface area contributed by atoms with Crippen molar-refractivity contribution in [3.05, 3.63) is 11.8 Å². The van der Waals surface area contributed by atoms with E-state index in [1.165, 1.54) is 18.4 Å². The minimum atomic E-state index is 0.0513. The summed E-state index contributed by atoms with van der Waals surface area (Å²) in [5, 5.41) is 8.50. The molecule has 0 aliphatic rings. The minimum Gasteiger partial charge on any atom is -0.499 e. The van der Waals surface area contributed by atoms with Crippen LogP contribution in [0, 0.1) is 0 Å². The first-order valence-corrected chi connectivity index (χ1v) is 7.98. The molecular formula is C16H32O5. The van der Waals surface area contributed by atoms with Crippen LogP contribution in [0.5, 0.6) is 0 Å². The maximum atomic E-state index is 8.50. The SMILES string of the molecule is CCCC/C(=C\OCCOCCOCCOCCO)CC. The average Bonchev–Trinajstić information content (AvgIpc) is 2.51. The predicted molar refractivity (Wildman–Crippen MR) is 83.4 cm³/mol. The smallest absolute Gasteiger partial charge is 0.111 e. The summed E-state index contributed by atoms with van der Waals surface area (Å²) in [6, 6.07) is 0. The third-order valence-electron chi connectivity index (χ3n) is 2.88. The Balaban J connectivity index is 3.26. The molecule has 5 heteroatoms. The molecule has 0 aromatic heterocycles. The van der Waals surface area contributed by atoms with Gasteiger partial charge in [-0.2, -0.15) is 0 Å². The summed E-state index contributed by atoms with van der Waals surface area (Å²) in [4.78, 5) is 0. The van der Waals surface area contributed by atoms with Crippen LogP contribution in [0.15, 0.2) is 11.8 Å². The highest BCUT2D eigenvalue weighted by Crippen LogP contribution is 2.10. The van der Waals surface area contributed by atoms with E-state index in [2.05, 4.69) is 13.8 Å². The monoisotopic (exact) mass is 304 g/mol. The highest BCUT2D eigenvalue weighted by molar-refractivity contribution is 4.96. The molecule has 0 aliphatic heterocycles. The molecule has 21 heavy (non-hydrogen) atoms. The Morgan fingerprint density at radius 3 is 1.95 bits per heavy atom. The Kier molecular flexibility index (Phi) is 16.9. The predicted octanol–water partition coefficient (Wildman–Crippen LogP) is 2.53. The number of aliphatic hydroxyl groups is 1. The highest BCUT2D eigenvalue weighted by Gasteiger charge is 1.95. The fourth-order valence-electron chi connectivity index (χ4n) is 1.61. The molecule has 126 valence electrons. The van der Waals surface area contributed by atoms with E-state index in [9.17, 15) is 0 Å². The van der Waals surface area contributed by atoms with Crippen molar-refractivity contribution in [1.29, 1.82) is 0 Å². The molecule has 0 unspecified atom stereocenters. The Morgan fingerprint density at radius 2 is 1.43 bits per heavy atom. The van der Waals surface area contributed by atoms with E-state index >= 15 is 0 Å². The first-order chi connectivity index (χ1) is 10.3. The van der Waals surface area contributed by atoms with E-state index in [0.717, 1.165) is 12.8 Å². The van der Waals surface area contributed by atoms with Crippen LogP contribution in [0.1, 0.15) is 39.5 Å². The van der Waals surface area contributed by atoms with Gasteiger partial charge in [0.2, 0.25) is 0 Å². The lowest BCUT2D eigenvalue weighted by molar-refractivity contribution is 0.00125. The summed E-state index contributed by atoms with van der Waals surface area (Å²) in [6.07, 6.45) is 6.49. The van der Waals surface area contributed by atoms with Crippen LogP contribution in [-0.2, 0) is 18.9 Å². The lowest BCUT2D eigenvalue weighted by Gasteiger charge is -2.07.